The smallest absolute Gasteiger partial charge is 0.340 e. The van der Waals surface area contributed by atoms with Crippen LogP contribution in [-0.4, -0.2) is 24.7 Å². The second kappa shape index (κ2) is 7.95. The molecule has 1 aromatic heterocycles. The van der Waals surface area contributed by atoms with Crippen LogP contribution in [0.4, 0.5) is 0 Å². The van der Waals surface area contributed by atoms with Gasteiger partial charge in [0.25, 0.3) is 0 Å². The highest BCUT2D eigenvalue weighted by molar-refractivity contribution is 5.97. The fraction of sp³-hybridized carbons (Fsp3) is 0.278. The third kappa shape index (κ3) is 3.86. The summed E-state index contributed by atoms with van der Waals surface area (Å²) < 4.78 is 10.5. The van der Waals surface area contributed by atoms with Gasteiger partial charge in [-0.3, -0.25) is 4.98 Å². The Hall–Kier alpha value is -2.87. The van der Waals surface area contributed by atoms with E-state index < -0.39 is 5.97 Å². The number of methoxy groups -OCH3 is 1. The Morgan fingerprint density at radius 1 is 1.30 bits per heavy atom. The van der Waals surface area contributed by atoms with Crippen molar-refractivity contribution in [2.24, 2.45) is 0 Å². The van der Waals surface area contributed by atoms with E-state index in [4.69, 9.17) is 14.7 Å². The van der Waals surface area contributed by atoms with Crippen LogP contribution in [0, 0.1) is 11.3 Å². The van der Waals surface area contributed by atoms with Gasteiger partial charge in [0.2, 0.25) is 0 Å². The Labute approximate surface area is 135 Å². The Kier molecular flexibility index (Phi) is 5.70. The summed E-state index contributed by atoms with van der Waals surface area (Å²) in [6, 6.07) is 11.4. The highest BCUT2D eigenvalue weighted by Crippen LogP contribution is 2.32. The van der Waals surface area contributed by atoms with E-state index in [0.29, 0.717) is 36.3 Å². The van der Waals surface area contributed by atoms with Crippen molar-refractivity contribution >= 4 is 5.97 Å². The van der Waals surface area contributed by atoms with Crippen molar-refractivity contribution in [1.82, 2.24) is 4.98 Å². The lowest BCUT2D eigenvalue weighted by Gasteiger charge is -2.13. The standard InChI is InChI=1S/C18H18N2O3/c1-3-23-18(21)16-12-20-13(7-6-10-19)11-15(16)14-8-4-5-9-17(14)22-2/h4-5,8-9,11-12H,3,6-7H2,1-2H3. The molecule has 23 heavy (non-hydrogen) atoms. The molecule has 0 N–H and O–H groups in total. The zero-order valence-electron chi connectivity index (χ0n) is 13.2. The molecule has 2 aromatic rings. The van der Waals surface area contributed by atoms with Gasteiger partial charge in [-0.15, -0.1) is 0 Å². The lowest BCUT2D eigenvalue weighted by molar-refractivity contribution is 0.0527. The SMILES string of the molecule is CCOC(=O)c1cnc(CCC#N)cc1-c1ccccc1OC. The van der Waals surface area contributed by atoms with E-state index in [1.165, 1.54) is 6.20 Å². The van der Waals surface area contributed by atoms with Crippen LogP contribution < -0.4 is 4.74 Å². The summed E-state index contributed by atoms with van der Waals surface area (Å²) in [6.45, 7) is 2.05. The molecule has 118 valence electrons. The molecule has 0 bridgehead atoms. The number of carbonyl (C=O) groups is 1. The van der Waals surface area contributed by atoms with Crippen molar-refractivity contribution < 1.29 is 14.3 Å². The zero-order valence-corrected chi connectivity index (χ0v) is 13.2. The van der Waals surface area contributed by atoms with Crippen LogP contribution in [-0.2, 0) is 11.2 Å². The molecule has 0 saturated carbocycles. The van der Waals surface area contributed by atoms with E-state index in [9.17, 15) is 4.79 Å². The second-order valence-corrected chi connectivity index (χ2v) is 4.80. The Bertz CT molecular complexity index is 735. The number of aryl methyl sites for hydroxylation is 1. The van der Waals surface area contributed by atoms with Gasteiger partial charge in [-0.2, -0.15) is 5.26 Å². The maximum atomic E-state index is 12.2. The van der Waals surface area contributed by atoms with Gasteiger partial charge in [0, 0.05) is 35.9 Å². The van der Waals surface area contributed by atoms with Crippen molar-refractivity contribution in [3.05, 3.63) is 47.8 Å². The largest absolute Gasteiger partial charge is 0.496 e. The summed E-state index contributed by atoms with van der Waals surface area (Å²) in [7, 11) is 1.58. The number of benzene rings is 1. The number of esters is 1. The molecule has 5 nitrogen and oxygen atoms in total. The molecular formula is C18H18N2O3. The number of pyridine rings is 1. The third-order valence-corrected chi connectivity index (χ3v) is 3.35. The quantitative estimate of drug-likeness (QED) is 0.765. The van der Waals surface area contributed by atoms with Crippen LogP contribution in [0.3, 0.4) is 0 Å². The van der Waals surface area contributed by atoms with Gasteiger partial charge in [0.05, 0.1) is 25.3 Å². The maximum Gasteiger partial charge on any atom is 0.340 e. The van der Waals surface area contributed by atoms with Gasteiger partial charge < -0.3 is 9.47 Å². The molecule has 1 aromatic carbocycles. The topological polar surface area (TPSA) is 72.2 Å². The first-order chi connectivity index (χ1) is 11.2. The molecule has 0 aliphatic heterocycles. The fourth-order valence-electron chi connectivity index (χ4n) is 2.28. The number of nitriles is 1. The van der Waals surface area contributed by atoms with Crippen molar-refractivity contribution in [3.63, 3.8) is 0 Å². The molecule has 2 rings (SSSR count). The fourth-order valence-corrected chi connectivity index (χ4v) is 2.28. The van der Waals surface area contributed by atoms with Crippen LogP contribution in [0.5, 0.6) is 5.75 Å². The lowest BCUT2D eigenvalue weighted by atomic mass is 9.98. The molecule has 5 heteroatoms. The minimum absolute atomic E-state index is 0.292. The predicted octanol–water partition coefficient (Wildman–Crippen LogP) is 3.39. The molecule has 0 unspecified atom stereocenters. The number of hydrogen-bond acceptors (Lipinski definition) is 5. The third-order valence-electron chi connectivity index (χ3n) is 3.35. The van der Waals surface area contributed by atoms with Crippen LogP contribution in [0.1, 0.15) is 29.4 Å². The lowest BCUT2D eigenvalue weighted by Crippen LogP contribution is -2.08. The van der Waals surface area contributed by atoms with Crippen molar-refractivity contribution in [1.29, 1.82) is 5.26 Å². The molecule has 0 fully saturated rings. The number of para-hydroxylation sites is 1. The minimum atomic E-state index is -0.423. The summed E-state index contributed by atoms with van der Waals surface area (Å²) in [5, 5.41) is 8.74. The second-order valence-electron chi connectivity index (χ2n) is 4.80. The van der Waals surface area contributed by atoms with E-state index in [1.54, 1.807) is 14.0 Å². The van der Waals surface area contributed by atoms with Crippen LogP contribution in [0.25, 0.3) is 11.1 Å². The van der Waals surface area contributed by atoms with Gasteiger partial charge >= 0.3 is 5.97 Å². The maximum absolute atomic E-state index is 12.2. The van der Waals surface area contributed by atoms with E-state index in [2.05, 4.69) is 11.1 Å². The van der Waals surface area contributed by atoms with E-state index in [-0.39, 0.29) is 0 Å². The molecule has 0 spiro atoms. The highest BCUT2D eigenvalue weighted by atomic mass is 16.5. The molecular weight excluding hydrogens is 292 g/mol. The van der Waals surface area contributed by atoms with Gasteiger partial charge in [0.1, 0.15) is 5.75 Å². The zero-order chi connectivity index (χ0) is 16.7. The van der Waals surface area contributed by atoms with E-state index >= 15 is 0 Å². The van der Waals surface area contributed by atoms with Gasteiger partial charge in [-0.1, -0.05) is 18.2 Å². The normalized spacial score (nSPS) is 9.96. The summed E-state index contributed by atoms with van der Waals surface area (Å²) in [5.41, 5.74) is 2.63. The summed E-state index contributed by atoms with van der Waals surface area (Å²) in [5.74, 6) is 0.239. The van der Waals surface area contributed by atoms with E-state index in [0.717, 1.165) is 11.3 Å². The number of rotatable bonds is 6. The monoisotopic (exact) mass is 310 g/mol. The number of nitrogens with zero attached hydrogens (tertiary/aromatic N) is 2. The van der Waals surface area contributed by atoms with Gasteiger partial charge in [-0.05, 0) is 19.1 Å². The number of hydrogen-bond donors (Lipinski definition) is 0. The average Bonchev–Trinajstić information content (AvgIpc) is 2.59. The number of carbonyl (C=O) groups excluding carboxylic acids is 1. The summed E-state index contributed by atoms with van der Waals surface area (Å²) in [4.78, 5) is 16.5. The van der Waals surface area contributed by atoms with Gasteiger partial charge in [0.15, 0.2) is 0 Å². The Morgan fingerprint density at radius 2 is 2.09 bits per heavy atom. The first-order valence-electron chi connectivity index (χ1n) is 7.37. The number of aromatic nitrogens is 1. The predicted molar refractivity (Wildman–Crippen MR) is 86.1 cm³/mol. The molecule has 0 amide bonds. The first-order valence-corrected chi connectivity index (χ1v) is 7.37. The Morgan fingerprint density at radius 3 is 2.78 bits per heavy atom. The summed E-state index contributed by atoms with van der Waals surface area (Å²) in [6.07, 6.45) is 2.41. The highest BCUT2D eigenvalue weighted by Gasteiger charge is 2.18. The molecule has 0 aliphatic carbocycles. The van der Waals surface area contributed by atoms with Crippen molar-refractivity contribution in [2.45, 2.75) is 19.8 Å². The molecule has 0 radical (unpaired) electrons. The van der Waals surface area contributed by atoms with Crippen LogP contribution in [0.15, 0.2) is 36.5 Å². The number of ether oxygens (including phenoxy) is 2. The van der Waals surface area contributed by atoms with Crippen LogP contribution in [0.2, 0.25) is 0 Å². The first kappa shape index (κ1) is 16.5. The van der Waals surface area contributed by atoms with Crippen LogP contribution >= 0.6 is 0 Å². The molecule has 0 saturated heterocycles. The molecule has 0 atom stereocenters. The van der Waals surface area contributed by atoms with E-state index in [1.807, 2.05) is 30.3 Å². The van der Waals surface area contributed by atoms with Gasteiger partial charge in [-0.25, -0.2) is 4.79 Å². The average molecular weight is 310 g/mol. The van der Waals surface area contributed by atoms with Crippen molar-refractivity contribution in [3.8, 4) is 22.9 Å². The summed E-state index contributed by atoms with van der Waals surface area (Å²) >= 11 is 0. The van der Waals surface area contributed by atoms with Crippen molar-refractivity contribution in [2.75, 3.05) is 13.7 Å². The minimum Gasteiger partial charge on any atom is -0.496 e. The molecule has 0 aliphatic rings. The Balaban J connectivity index is 2.56. The molecule has 1 heterocycles.